The molecule has 0 aromatic carbocycles. The lowest BCUT2D eigenvalue weighted by molar-refractivity contribution is -0.167. The maximum atomic E-state index is 12.8. The fraction of sp³-hybridized carbons (Fsp3) is 0.702. The van der Waals surface area contributed by atoms with E-state index in [1.165, 1.54) is 77.0 Å². The number of esters is 3. The van der Waals surface area contributed by atoms with E-state index in [9.17, 15) is 14.4 Å². The molecule has 0 aliphatic rings. The zero-order valence-electron chi connectivity index (χ0n) is 41.1. The summed E-state index contributed by atoms with van der Waals surface area (Å²) in [4.78, 5) is 38.0. The first kappa shape index (κ1) is 59.6. The molecule has 0 aliphatic carbocycles. The van der Waals surface area contributed by atoms with E-state index < -0.39 is 6.10 Å². The maximum Gasteiger partial charge on any atom is 0.306 e. The molecule has 0 saturated heterocycles. The largest absolute Gasteiger partial charge is 0.462 e. The summed E-state index contributed by atoms with van der Waals surface area (Å²) in [5, 5.41) is 0. The van der Waals surface area contributed by atoms with Gasteiger partial charge in [-0.3, -0.25) is 14.4 Å². The van der Waals surface area contributed by atoms with Gasteiger partial charge >= 0.3 is 17.9 Å². The van der Waals surface area contributed by atoms with Crippen LogP contribution in [-0.4, -0.2) is 37.2 Å². The zero-order valence-corrected chi connectivity index (χ0v) is 41.1. The predicted molar refractivity (Wildman–Crippen MR) is 270 cm³/mol. The number of ether oxygens (including phenoxy) is 3. The van der Waals surface area contributed by atoms with Gasteiger partial charge in [0.25, 0.3) is 0 Å². The fourth-order valence-corrected chi connectivity index (χ4v) is 6.97. The highest BCUT2D eigenvalue weighted by Crippen LogP contribution is 2.14. The van der Waals surface area contributed by atoms with Crippen molar-refractivity contribution in [2.24, 2.45) is 0 Å². The molecular weight excluding hydrogens is 781 g/mol. The van der Waals surface area contributed by atoms with Crippen LogP contribution >= 0.6 is 0 Å². The lowest BCUT2D eigenvalue weighted by Gasteiger charge is -2.18. The van der Waals surface area contributed by atoms with Gasteiger partial charge in [-0.15, -0.1) is 0 Å². The molecule has 63 heavy (non-hydrogen) atoms. The Morgan fingerprint density at radius 1 is 0.333 bits per heavy atom. The Kier molecular flexibility index (Phi) is 48.5. The third-order valence-electron chi connectivity index (χ3n) is 10.9. The first-order chi connectivity index (χ1) is 31.0. The van der Waals surface area contributed by atoms with E-state index in [1.54, 1.807) is 0 Å². The Morgan fingerprint density at radius 3 is 1.00 bits per heavy atom. The Hall–Kier alpha value is -3.41. The molecule has 6 heteroatoms. The number of allylic oxidation sites excluding steroid dienone is 14. The quantitative estimate of drug-likeness (QED) is 0.0262. The summed E-state index contributed by atoms with van der Waals surface area (Å²) in [6.07, 6.45) is 65.6. The molecule has 0 N–H and O–H groups in total. The summed E-state index contributed by atoms with van der Waals surface area (Å²) >= 11 is 0. The maximum absolute atomic E-state index is 12.8. The number of carbonyl (C=O) groups excluding carboxylic acids is 3. The van der Waals surface area contributed by atoms with Crippen LogP contribution < -0.4 is 0 Å². The van der Waals surface area contributed by atoms with E-state index in [4.69, 9.17) is 14.2 Å². The molecule has 1 atom stereocenters. The minimum absolute atomic E-state index is 0.0953. The molecule has 0 rings (SSSR count). The van der Waals surface area contributed by atoms with Gasteiger partial charge in [-0.05, 0) is 96.3 Å². The molecule has 0 unspecified atom stereocenters. The van der Waals surface area contributed by atoms with Crippen LogP contribution in [0.1, 0.15) is 239 Å². The molecule has 6 nitrogen and oxygen atoms in total. The first-order valence-electron chi connectivity index (χ1n) is 26.1. The molecule has 0 radical (unpaired) electrons. The Morgan fingerprint density at radius 2 is 0.619 bits per heavy atom. The average molecular weight is 877 g/mol. The van der Waals surface area contributed by atoms with Crippen molar-refractivity contribution in [3.05, 3.63) is 85.1 Å². The lowest BCUT2D eigenvalue weighted by Crippen LogP contribution is -2.30. The molecule has 0 aromatic rings. The summed E-state index contributed by atoms with van der Waals surface area (Å²) in [6, 6.07) is 0. The van der Waals surface area contributed by atoms with Crippen molar-refractivity contribution in [2.75, 3.05) is 13.2 Å². The first-order valence-corrected chi connectivity index (χ1v) is 26.1. The van der Waals surface area contributed by atoms with Gasteiger partial charge in [0, 0.05) is 19.3 Å². The minimum atomic E-state index is -0.794. The van der Waals surface area contributed by atoms with Gasteiger partial charge in [-0.1, -0.05) is 209 Å². The van der Waals surface area contributed by atoms with Gasteiger partial charge in [0.1, 0.15) is 13.2 Å². The smallest absolute Gasteiger partial charge is 0.306 e. The number of rotatable bonds is 46. The molecule has 0 spiro atoms. The van der Waals surface area contributed by atoms with Crippen LogP contribution in [0.25, 0.3) is 0 Å². The Bertz CT molecular complexity index is 1240. The molecule has 0 saturated carbocycles. The van der Waals surface area contributed by atoms with Gasteiger partial charge in [0.2, 0.25) is 0 Å². The second-order valence-electron chi connectivity index (χ2n) is 17.1. The predicted octanol–water partition coefficient (Wildman–Crippen LogP) is 17.2. The zero-order chi connectivity index (χ0) is 45.8. The number of hydrogen-bond acceptors (Lipinski definition) is 6. The van der Waals surface area contributed by atoms with Crippen molar-refractivity contribution < 1.29 is 28.6 Å². The van der Waals surface area contributed by atoms with Crippen molar-refractivity contribution >= 4 is 17.9 Å². The summed E-state index contributed by atoms with van der Waals surface area (Å²) in [5.74, 6) is -0.939. The molecule has 0 amide bonds. The normalized spacial score (nSPS) is 12.7. The van der Waals surface area contributed by atoms with E-state index in [0.717, 1.165) is 122 Å². The van der Waals surface area contributed by atoms with Crippen molar-refractivity contribution in [1.29, 1.82) is 0 Å². The molecule has 0 aliphatic heterocycles. The van der Waals surface area contributed by atoms with Crippen molar-refractivity contribution in [1.82, 2.24) is 0 Å². The van der Waals surface area contributed by atoms with Crippen molar-refractivity contribution in [2.45, 2.75) is 245 Å². The topological polar surface area (TPSA) is 78.9 Å². The Labute approximate surface area is 388 Å². The van der Waals surface area contributed by atoms with E-state index in [-0.39, 0.29) is 31.1 Å². The number of carbonyl (C=O) groups is 3. The number of hydrogen-bond donors (Lipinski definition) is 0. The van der Waals surface area contributed by atoms with E-state index in [2.05, 4.69) is 106 Å². The summed E-state index contributed by atoms with van der Waals surface area (Å²) in [6.45, 7) is 6.45. The fourth-order valence-electron chi connectivity index (χ4n) is 6.97. The molecular formula is C57H96O6. The molecule has 360 valence electrons. The number of unbranched alkanes of at least 4 members (excludes halogenated alkanes) is 21. The van der Waals surface area contributed by atoms with Gasteiger partial charge in [-0.2, -0.15) is 0 Å². The van der Waals surface area contributed by atoms with E-state index in [0.29, 0.717) is 19.3 Å². The monoisotopic (exact) mass is 877 g/mol. The van der Waals surface area contributed by atoms with Crippen LogP contribution in [0.2, 0.25) is 0 Å². The van der Waals surface area contributed by atoms with Gasteiger partial charge in [0.05, 0.1) is 0 Å². The summed E-state index contributed by atoms with van der Waals surface area (Å²) in [7, 11) is 0. The lowest BCUT2D eigenvalue weighted by atomic mass is 10.1. The van der Waals surface area contributed by atoms with Crippen LogP contribution in [-0.2, 0) is 28.6 Å². The third-order valence-corrected chi connectivity index (χ3v) is 10.9. The average Bonchev–Trinajstić information content (AvgIpc) is 3.28. The minimum Gasteiger partial charge on any atom is -0.462 e. The van der Waals surface area contributed by atoms with Gasteiger partial charge in [0.15, 0.2) is 6.10 Å². The molecule has 0 heterocycles. The van der Waals surface area contributed by atoms with E-state index in [1.807, 2.05) is 0 Å². The van der Waals surface area contributed by atoms with E-state index >= 15 is 0 Å². The van der Waals surface area contributed by atoms with Crippen LogP contribution in [0.4, 0.5) is 0 Å². The second kappa shape index (κ2) is 51.2. The Balaban J connectivity index is 4.44. The van der Waals surface area contributed by atoms with Crippen LogP contribution in [0.15, 0.2) is 85.1 Å². The van der Waals surface area contributed by atoms with Crippen LogP contribution in [0.5, 0.6) is 0 Å². The SMILES string of the molecule is CC/C=C\C/C=C\C/C=C\C/C=C\CCCCCCC(=O)OC[C@H](COC(=O)CCCCCC/C=C\C/C=C\C/C=C\CCCCC)OC(=O)CCCCCCCCCCCCC. The molecule has 0 bridgehead atoms. The van der Waals surface area contributed by atoms with Crippen LogP contribution in [0.3, 0.4) is 0 Å². The van der Waals surface area contributed by atoms with Crippen molar-refractivity contribution in [3.63, 3.8) is 0 Å². The highest BCUT2D eigenvalue weighted by molar-refractivity contribution is 5.71. The summed E-state index contributed by atoms with van der Waals surface area (Å²) in [5.41, 5.74) is 0. The van der Waals surface area contributed by atoms with Crippen molar-refractivity contribution in [3.8, 4) is 0 Å². The summed E-state index contributed by atoms with van der Waals surface area (Å²) < 4.78 is 16.8. The molecule has 0 aromatic heterocycles. The highest BCUT2D eigenvalue weighted by atomic mass is 16.6. The standard InChI is InChI=1S/C57H96O6/c1-4-7-10-13-16-19-22-24-26-28-30-32-35-37-40-43-46-49-55(58)61-52-54(63-57(60)51-48-45-42-39-34-21-18-15-12-9-6-3)53-62-56(59)50-47-44-41-38-36-33-31-29-27-25-23-20-17-14-11-8-5-2/h7,10,16-17,19-20,24-27,30-33,54H,4-6,8-9,11-15,18,21-23,28-29,34-53H2,1-3H3/b10-7-,19-16-,20-17-,26-24-,27-25-,32-30-,33-31-/t54-/m1/s1. The van der Waals surface area contributed by atoms with Crippen LogP contribution in [0, 0.1) is 0 Å². The van der Waals surface area contributed by atoms with Gasteiger partial charge < -0.3 is 14.2 Å². The molecule has 0 fully saturated rings. The second-order valence-corrected chi connectivity index (χ2v) is 17.1. The highest BCUT2D eigenvalue weighted by Gasteiger charge is 2.19. The third kappa shape index (κ3) is 49.5. The van der Waals surface area contributed by atoms with Gasteiger partial charge in [-0.25, -0.2) is 0 Å².